The number of aryl methyl sites for hydroxylation is 1. The second-order valence-electron chi connectivity index (χ2n) is 4.84. The number of benzene rings is 2. The van der Waals surface area contributed by atoms with E-state index < -0.39 is 0 Å². The van der Waals surface area contributed by atoms with Gasteiger partial charge in [-0.15, -0.1) is 0 Å². The van der Waals surface area contributed by atoms with Crippen LogP contribution in [-0.2, 0) is 13.0 Å². The summed E-state index contributed by atoms with van der Waals surface area (Å²) in [6.07, 6.45) is 2.62. The van der Waals surface area contributed by atoms with E-state index in [1.165, 1.54) is 5.56 Å². The van der Waals surface area contributed by atoms with E-state index in [0.717, 1.165) is 29.1 Å². The van der Waals surface area contributed by atoms with E-state index in [1.807, 2.05) is 30.3 Å². The topological polar surface area (TPSA) is 35.3 Å². The molecular weight excluding hydrogens is 262 g/mol. The summed E-state index contributed by atoms with van der Waals surface area (Å²) in [6.45, 7) is 2.66. The summed E-state index contributed by atoms with van der Waals surface area (Å²) < 4.78 is 11.2. The Bertz CT molecular complexity index is 691. The molecule has 0 amide bonds. The van der Waals surface area contributed by atoms with Crippen molar-refractivity contribution < 1.29 is 9.26 Å². The van der Waals surface area contributed by atoms with Gasteiger partial charge in [0.1, 0.15) is 12.4 Å². The van der Waals surface area contributed by atoms with Crippen molar-refractivity contribution in [2.24, 2.45) is 0 Å². The van der Waals surface area contributed by atoms with E-state index in [4.69, 9.17) is 9.26 Å². The lowest BCUT2D eigenvalue weighted by atomic mass is 10.1. The van der Waals surface area contributed by atoms with E-state index in [0.29, 0.717) is 6.61 Å². The van der Waals surface area contributed by atoms with E-state index in [9.17, 15) is 0 Å². The van der Waals surface area contributed by atoms with Gasteiger partial charge >= 0.3 is 0 Å². The van der Waals surface area contributed by atoms with Crippen LogP contribution in [0, 0.1) is 0 Å². The van der Waals surface area contributed by atoms with Gasteiger partial charge in [-0.25, -0.2) is 0 Å². The summed E-state index contributed by atoms with van der Waals surface area (Å²) in [6, 6.07) is 18.2. The molecule has 0 aliphatic carbocycles. The molecule has 0 saturated carbocycles. The number of nitrogens with zero attached hydrogens (tertiary/aromatic N) is 1. The lowest BCUT2D eigenvalue weighted by Gasteiger charge is -2.11. The summed E-state index contributed by atoms with van der Waals surface area (Å²) in [4.78, 5) is 0. The fourth-order valence-electron chi connectivity index (χ4n) is 2.21. The quantitative estimate of drug-likeness (QED) is 0.690. The van der Waals surface area contributed by atoms with Gasteiger partial charge in [0.15, 0.2) is 5.76 Å². The third-order valence-corrected chi connectivity index (χ3v) is 3.39. The summed E-state index contributed by atoms with van der Waals surface area (Å²) in [5, 5.41) is 3.78. The molecule has 3 heteroatoms. The van der Waals surface area contributed by atoms with Crippen LogP contribution in [0.1, 0.15) is 18.1 Å². The van der Waals surface area contributed by atoms with Crippen molar-refractivity contribution in [3.63, 3.8) is 0 Å². The number of hydrogen-bond donors (Lipinski definition) is 0. The van der Waals surface area contributed by atoms with Gasteiger partial charge in [-0.3, -0.25) is 0 Å². The predicted octanol–water partition coefficient (Wildman–Crippen LogP) is 4.48. The molecular formula is C18H17NO2. The summed E-state index contributed by atoms with van der Waals surface area (Å²) >= 11 is 0. The number of ether oxygens (including phenoxy) is 1. The third-order valence-electron chi connectivity index (χ3n) is 3.39. The SMILES string of the molecule is CCc1ccc(OCc2ccccc2)c(-c2ccno2)c1. The molecule has 0 bridgehead atoms. The van der Waals surface area contributed by atoms with Gasteiger partial charge in [0.2, 0.25) is 0 Å². The largest absolute Gasteiger partial charge is 0.488 e. The smallest absolute Gasteiger partial charge is 0.170 e. The summed E-state index contributed by atoms with van der Waals surface area (Å²) in [5.74, 6) is 1.54. The Labute approximate surface area is 124 Å². The summed E-state index contributed by atoms with van der Waals surface area (Å²) in [7, 11) is 0. The Morgan fingerprint density at radius 2 is 1.86 bits per heavy atom. The molecule has 0 unspecified atom stereocenters. The fraction of sp³-hybridized carbons (Fsp3) is 0.167. The van der Waals surface area contributed by atoms with Gasteiger partial charge in [-0.05, 0) is 29.7 Å². The Balaban J connectivity index is 1.87. The van der Waals surface area contributed by atoms with Crippen molar-refractivity contribution in [2.45, 2.75) is 20.0 Å². The maximum atomic E-state index is 5.96. The van der Waals surface area contributed by atoms with Crippen LogP contribution in [0.15, 0.2) is 65.3 Å². The first-order chi connectivity index (χ1) is 10.4. The highest BCUT2D eigenvalue weighted by Gasteiger charge is 2.11. The zero-order chi connectivity index (χ0) is 14.5. The van der Waals surface area contributed by atoms with Gasteiger partial charge in [-0.2, -0.15) is 0 Å². The lowest BCUT2D eigenvalue weighted by Crippen LogP contribution is -1.97. The Morgan fingerprint density at radius 3 is 2.57 bits per heavy atom. The first-order valence-corrected chi connectivity index (χ1v) is 7.07. The average Bonchev–Trinajstić information content (AvgIpc) is 3.08. The molecule has 0 N–H and O–H groups in total. The number of aromatic nitrogens is 1. The van der Waals surface area contributed by atoms with Crippen LogP contribution in [0.25, 0.3) is 11.3 Å². The second kappa shape index (κ2) is 6.27. The first-order valence-electron chi connectivity index (χ1n) is 7.07. The molecule has 0 fully saturated rings. The molecule has 0 aliphatic heterocycles. The zero-order valence-electron chi connectivity index (χ0n) is 12.0. The maximum Gasteiger partial charge on any atom is 0.170 e. The van der Waals surface area contributed by atoms with Gasteiger partial charge in [0.05, 0.1) is 11.8 Å². The first kappa shape index (κ1) is 13.4. The van der Waals surface area contributed by atoms with Crippen molar-refractivity contribution in [1.29, 1.82) is 0 Å². The molecule has 3 nitrogen and oxygen atoms in total. The zero-order valence-corrected chi connectivity index (χ0v) is 12.0. The van der Waals surface area contributed by atoms with E-state index in [1.54, 1.807) is 6.20 Å². The van der Waals surface area contributed by atoms with Crippen LogP contribution < -0.4 is 4.74 Å². The van der Waals surface area contributed by atoms with E-state index in [2.05, 4.69) is 36.3 Å². The highest BCUT2D eigenvalue weighted by Crippen LogP contribution is 2.31. The van der Waals surface area contributed by atoms with Crippen molar-refractivity contribution in [3.8, 4) is 17.1 Å². The van der Waals surface area contributed by atoms with Crippen LogP contribution in [0.4, 0.5) is 0 Å². The standard InChI is InChI=1S/C18H17NO2/c1-2-14-8-9-17(16(12-14)18-10-11-19-21-18)20-13-15-6-4-3-5-7-15/h3-12H,2,13H2,1H3. The number of hydrogen-bond acceptors (Lipinski definition) is 3. The Kier molecular flexibility index (Phi) is 4.01. The molecule has 21 heavy (non-hydrogen) atoms. The molecule has 0 spiro atoms. The fourth-order valence-corrected chi connectivity index (χ4v) is 2.21. The van der Waals surface area contributed by atoms with Crippen LogP contribution in [0.5, 0.6) is 5.75 Å². The van der Waals surface area contributed by atoms with E-state index >= 15 is 0 Å². The minimum atomic E-state index is 0.535. The van der Waals surface area contributed by atoms with Crippen LogP contribution in [0.2, 0.25) is 0 Å². The highest BCUT2D eigenvalue weighted by atomic mass is 16.5. The monoisotopic (exact) mass is 279 g/mol. The third kappa shape index (κ3) is 3.14. The molecule has 3 rings (SSSR count). The van der Waals surface area contributed by atoms with Crippen molar-refractivity contribution in [1.82, 2.24) is 5.16 Å². The molecule has 3 aromatic rings. The molecule has 1 aromatic heterocycles. The number of rotatable bonds is 5. The molecule has 0 saturated heterocycles. The summed E-state index contributed by atoms with van der Waals surface area (Å²) in [5.41, 5.74) is 3.33. The minimum Gasteiger partial charge on any atom is -0.488 e. The molecule has 1 heterocycles. The Hall–Kier alpha value is -2.55. The van der Waals surface area contributed by atoms with Crippen LogP contribution >= 0.6 is 0 Å². The predicted molar refractivity (Wildman–Crippen MR) is 82.1 cm³/mol. The van der Waals surface area contributed by atoms with Gasteiger partial charge in [-0.1, -0.05) is 48.5 Å². The molecule has 0 aliphatic rings. The normalized spacial score (nSPS) is 10.5. The van der Waals surface area contributed by atoms with Crippen LogP contribution in [0.3, 0.4) is 0 Å². The lowest BCUT2D eigenvalue weighted by molar-refractivity contribution is 0.306. The van der Waals surface area contributed by atoms with Crippen molar-refractivity contribution in [3.05, 3.63) is 71.9 Å². The maximum absolute atomic E-state index is 5.96. The van der Waals surface area contributed by atoms with E-state index in [-0.39, 0.29) is 0 Å². The molecule has 0 radical (unpaired) electrons. The molecule has 106 valence electrons. The van der Waals surface area contributed by atoms with Crippen molar-refractivity contribution >= 4 is 0 Å². The van der Waals surface area contributed by atoms with Gasteiger partial charge < -0.3 is 9.26 Å². The minimum absolute atomic E-state index is 0.535. The van der Waals surface area contributed by atoms with Crippen LogP contribution in [-0.4, -0.2) is 5.16 Å². The average molecular weight is 279 g/mol. The highest BCUT2D eigenvalue weighted by molar-refractivity contribution is 5.66. The van der Waals surface area contributed by atoms with Gasteiger partial charge in [0.25, 0.3) is 0 Å². The van der Waals surface area contributed by atoms with Crippen molar-refractivity contribution in [2.75, 3.05) is 0 Å². The molecule has 2 aromatic carbocycles. The Morgan fingerprint density at radius 1 is 1.00 bits per heavy atom. The van der Waals surface area contributed by atoms with Gasteiger partial charge in [0, 0.05) is 6.07 Å². The molecule has 0 atom stereocenters. The second-order valence-corrected chi connectivity index (χ2v) is 4.84.